The van der Waals surface area contributed by atoms with Gasteiger partial charge in [-0.25, -0.2) is 0 Å². The fourth-order valence-electron chi connectivity index (χ4n) is 5.37. The summed E-state index contributed by atoms with van der Waals surface area (Å²) >= 11 is 0. The predicted molar refractivity (Wildman–Crippen MR) is 114 cm³/mol. The molecule has 1 N–H and O–H groups in total. The summed E-state index contributed by atoms with van der Waals surface area (Å²) in [4.78, 5) is 27.7. The van der Waals surface area contributed by atoms with Crippen LogP contribution < -0.4 is 5.43 Å². The molecular weight excluding hydrogens is 378 g/mol. The number of amides is 1. The van der Waals surface area contributed by atoms with Crippen LogP contribution in [0.5, 0.6) is 0 Å². The maximum atomic E-state index is 13.4. The van der Waals surface area contributed by atoms with Crippen molar-refractivity contribution < 1.29 is 14.3 Å². The Morgan fingerprint density at radius 3 is 2.60 bits per heavy atom. The zero-order valence-electron chi connectivity index (χ0n) is 16.8. The molecule has 1 saturated carbocycles. The lowest BCUT2D eigenvalue weighted by atomic mass is 9.66. The highest BCUT2D eigenvalue weighted by Crippen LogP contribution is 2.47. The molecule has 3 aromatic rings. The second-order valence-electron chi connectivity index (χ2n) is 8.47. The number of fused-ring (bicyclic) bond motifs is 2. The first-order chi connectivity index (χ1) is 14.6. The van der Waals surface area contributed by atoms with Gasteiger partial charge in [0, 0.05) is 24.6 Å². The van der Waals surface area contributed by atoms with Crippen molar-refractivity contribution in [3.8, 4) is 0 Å². The molecule has 1 aromatic heterocycles. The van der Waals surface area contributed by atoms with Gasteiger partial charge in [0.25, 0.3) is 5.91 Å². The van der Waals surface area contributed by atoms with Crippen molar-refractivity contribution in [1.29, 1.82) is 0 Å². The van der Waals surface area contributed by atoms with E-state index in [4.69, 9.17) is 4.42 Å². The van der Waals surface area contributed by atoms with Crippen LogP contribution in [0, 0.1) is 5.92 Å². The fraction of sp³-hybridized carbons (Fsp3) is 0.360. The number of likely N-dealkylation sites (tertiary alicyclic amines) is 1. The normalized spacial score (nSPS) is 26.4. The Kier molecular flexibility index (Phi) is 4.70. The number of benzene rings is 2. The van der Waals surface area contributed by atoms with Crippen LogP contribution >= 0.6 is 0 Å². The third kappa shape index (κ3) is 3.05. The van der Waals surface area contributed by atoms with Crippen molar-refractivity contribution >= 4 is 16.9 Å². The van der Waals surface area contributed by atoms with E-state index in [2.05, 4.69) is 0 Å². The van der Waals surface area contributed by atoms with Crippen molar-refractivity contribution in [2.75, 3.05) is 6.54 Å². The molecule has 5 rings (SSSR count). The lowest BCUT2D eigenvalue weighted by Crippen LogP contribution is -2.59. The summed E-state index contributed by atoms with van der Waals surface area (Å²) in [5.74, 6) is -0.212. The maximum Gasteiger partial charge on any atom is 0.289 e. The smallest absolute Gasteiger partial charge is 0.289 e. The zero-order chi connectivity index (χ0) is 20.7. The fourth-order valence-corrected chi connectivity index (χ4v) is 5.37. The van der Waals surface area contributed by atoms with Crippen molar-refractivity contribution in [3.63, 3.8) is 0 Å². The van der Waals surface area contributed by atoms with E-state index in [0.29, 0.717) is 23.9 Å². The molecule has 2 heterocycles. The van der Waals surface area contributed by atoms with E-state index in [1.807, 2.05) is 35.2 Å². The Hall–Kier alpha value is -2.92. The molecule has 0 bridgehead atoms. The molecule has 1 aliphatic heterocycles. The standard InChI is InChI=1S/C25H25NO4/c27-21-16-23(30-22-13-7-4-10-18(21)22)24(28)26-15-14-25(29,17-8-2-1-3-9-17)19-11-5-6-12-20(19)26/h1-4,7-10,13,16,19-20,29H,5-6,11-12,14-15H2. The minimum atomic E-state index is -0.937. The monoisotopic (exact) mass is 403 g/mol. The van der Waals surface area contributed by atoms with Gasteiger partial charge < -0.3 is 14.4 Å². The summed E-state index contributed by atoms with van der Waals surface area (Å²) < 4.78 is 5.82. The SMILES string of the molecule is O=C(c1cc(=O)c2ccccc2o1)N1CCC(O)(c2ccccc2)C2CCCCC21. The molecule has 2 aliphatic rings. The van der Waals surface area contributed by atoms with Gasteiger partial charge in [-0.05, 0) is 37.0 Å². The number of rotatable bonds is 2. The van der Waals surface area contributed by atoms with Crippen molar-refractivity contribution in [2.24, 2.45) is 5.92 Å². The van der Waals surface area contributed by atoms with Crippen LogP contribution in [0.25, 0.3) is 11.0 Å². The number of nitrogens with zero attached hydrogens (tertiary/aromatic N) is 1. The van der Waals surface area contributed by atoms with Gasteiger partial charge in [-0.15, -0.1) is 0 Å². The maximum absolute atomic E-state index is 13.4. The molecule has 1 saturated heterocycles. The van der Waals surface area contributed by atoms with Gasteiger partial charge in [-0.1, -0.05) is 55.3 Å². The predicted octanol–water partition coefficient (Wildman–Crippen LogP) is 4.09. The molecule has 1 amide bonds. The van der Waals surface area contributed by atoms with Crippen LogP contribution in [-0.2, 0) is 5.60 Å². The lowest BCUT2D eigenvalue weighted by molar-refractivity contribution is -0.110. The van der Waals surface area contributed by atoms with Crippen molar-refractivity contribution in [3.05, 3.63) is 82.2 Å². The molecule has 5 heteroatoms. The average Bonchev–Trinajstić information content (AvgIpc) is 2.80. The molecule has 3 unspecified atom stereocenters. The van der Waals surface area contributed by atoms with Crippen LogP contribution in [0.2, 0.25) is 0 Å². The molecule has 1 aliphatic carbocycles. The highest BCUT2D eigenvalue weighted by Gasteiger charge is 2.50. The number of carbonyl (C=O) groups excluding carboxylic acids is 1. The molecule has 2 aromatic carbocycles. The Bertz CT molecular complexity index is 1140. The van der Waals surface area contributed by atoms with Gasteiger partial charge in [-0.3, -0.25) is 9.59 Å². The Balaban J connectivity index is 1.50. The second kappa shape index (κ2) is 7.40. The molecule has 0 radical (unpaired) electrons. The van der Waals surface area contributed by atoms with Crippen LogP contribution in [0.1, 0.15) is 48.2 Å². The number of piperidine rings is 1. The van der Waals surface area contributed by atoms with E-state index in [9.17, 15) is 14.7 Å². The number of aliphatic hydroxyl groups is 1. The summed E-state index contributed by atoms with van der Waals surface area (Å²) in [6.45, 7) is 0.432. The average molecular weight is 403 g/mol. The number of hydrogen-bond donors (Lipinski definition) is 1. The highest BCUT2D eigenvalue weighted by molar-refractivity contribution is 5.93. The number of para-hydroxylation sites is 1. The first-order valence-corrected chi connectivity index (χ1v) is 10.7. The highest BCUT2D eigenvalue weighted by atomic mass is 16.3. The van der Waals surface area contributed by atoms with Crippen LogP contribution in [0.4, 0.5) is 0 Å². The summed E-state index contributed by atoms with van der Waals surface area (Å²) in [5.41, 5.74) is 0.198. The summed E-state index contributed by atoms with van der Waals surface area (Å²) in [7, 11) is 0. The minimum absolute atomic E-state index is 0.0291. The van der Waals surface area contributed by atoms with E-state index in [-0.39, 0.29) is 29.1 Å². The van der Waals surface area contributed by atoms with Gasteiger partial charge in [0.2, 0.25) is 0 Å². The Labute approximate surface area is 174 Å². The summed E-state index contributed by atoms with van der Waals surface area (Å²) in [6, 6.07) is 18.0. The van der Waals surface area contributed by atoms with Gasteiger partial charge >= 0.3 is 0 Å². The number of hydrogen-bond acceptors (Lipinski definition) is 4. The van der Waals surface area contributed by atoms with Gasteiger partial charge in [-0.2, -0.15) is 0 Å². The van der Waals surface area contributed by atoms with Gasteiger partial charge in [0.05, 0.1) is 11.0 Å². The topological polar surface area (TPSA) is 70.8 Å². The van der Waals surface area contributed by atoms with E-state index in [1.165, 1.54) is 6.07 Å². The first kappa shape index (κ1) is 19.1. The third-order valence-electron chi connectivity index (χ3n) is 6.86. The van der Waals surface area contributed by atoms with E-state index >= 15 is 0 Å². The lowest BCUT2D eigenvalue weighted by Gasteiger charge is -2.52. The van der Waals surface area contributed by atoms with Gasteiger partial charge in [0.1, 0.15) is 5.58 Å². The molecule has 0 spiro atoms. The third-order valence-corrected chi connectivity index (χ3v) is 6.86. The van der Waals surface area contributed by atoms with E-state index in [1.54, 1.807) is 24.3 Å². The summed E-state index contributed by atoms with van der Waals surface area (Å²) in [5, 5.41) is 12.2. The Morgan fingerprint density at radius 1 is 1.03 bits per heavy atom. The zero-order valence-corrected chi connectivity index (χ0v) is 16.8. The molecule has 5 nitrogen and oxygen atoms in total. The number of carbonyl (C=O) groups is 1. The van der Waals surface area contributed by atoms with Crippen LogP contribution in [0.15, 0.2) is 69.9 Å². The first-order valence-electron chi connectivity index (χ1n) is 10.7. The van der Waals surface area contributed by atoms with E-state index in [0.717, 1.165) is 31.2 Å². The minimum Gasteiger partial charge on any atom is -0.451 e. The molecule has 154 valence electrons. The van der Waals surface area contributed by atoms with Crippen molar-refractivity contribution in [2.45, 2.75) is 43.7 Å². The second-order valence-corrected chi connectivity index (χ2v) is 8.47. The van der Waals surface area contributed by atoms with Crippen LogP contribution in [0.3, 0.4) is 0 Å². The van der Waals surface area contributed by atoms with Crippen molar-refractivity contribution in [1.82, 2.24) is 4.90 Å². The largest absolute Gasteiger partial charge is 0.451 e. The quantitative estimate of drug-likeness (QED) is 0.700. The van der Waals surface area contributed by atoms with Gasteiger partial charge in [0.15, 0.2) is 11.2 Å². The van der Waals surface area contributed by atoms with E-state index < -0.39 is 5.60 Å². The Morgan fingerprint density at radius 2 is 1.77 bits per heavy atom. The molecule has 30 heavy (non-hydrogen) atoms. The molecule has 2 fully saturated rings. The molecular formula is C25H25NO4. The summed E-state index contributed by atoms with van der Waals surface area (Å²) in [6.07, 6.45) is 4.27. The van der Waals surface area contributed by atoms with Crippen LogP contribution in [-0.4, -0.2) is 28.5 Å². The molecule has 3 atom stereocenters.